The Bertz CT molecular complexity index is 566. The summed E-state index contributed by atoms with van der Waals surface area (Å²) >= 11 is 0. The van der Waals surface area contributed by atoms with Gasteiger partial charge in [-0.3, -0.25) is 0 Å². The van der Waals surface area contributed by atoms with Gasteiger partial charge in [-0.05, 0) is 37.5 Å². The van der Waals surface area contributed by atoms with Crippen LogP contribution in [0.5, 0.6) is 5.75 Å². The molecule has 0 amide bonds. The second-order valence-corrected chi connectivity index (χ2v) is 6.79. The van der Waals surface area contributed by atoms with Crippen molar-refractivity contribution in [2.45, 2.75) is 45.1 Å². The van der Waals surface area contributed by atoms with Crippen molar-refractivity contribution >= 4 is 10.0 Å². The molecule has 4 nitrogen and oxygen atoms in total. The molecule has 0 unspecified atom stereocenters. The Morgan fingerprint density at radius 3 is 2.38 bits per heavy atom. The van der Waals surface area contributed by atoms with Crippen LogP contribution in [-0.2, 0) is 10.0 Å². The molecule has 1 rings (SSSR count). The van der Waals surface area contributed by atoms with E-state index in [9.17, 15) is 17.2 Å². The van der Waals surface area contributed by atoms with E-state index in [1.807, 2.05) is 0 Å². The molecule has 0 heterocycles. The second-order valence-electron chi connectivity index (χ2n) is 5.11. The van der Waals surface area contributed by atoms with Gasteiger partial charge < -0.3 is 4.74 Å². The number of hydrogen-bond acceptors (Lipinski definition) is 3. The summed E-state index contributed by atoms with van der Waals surface area (Å²) in [7, 11) is -4.08. The zero-order chi connectivity index (χ0) is 16.2. The van der Waals surface area contributed by atoms with E-state index in [1.165, 1.54) is 12.1 Å². The molecule has 1 atom stereocenters. The van der Waals surface area contributed by atoms with Gasteiger partial charge in [0.1, 0.15) is 10.6 Å². The maximum Gasteiger partial charge on any atom is 0.254 e. The molecule has 0 saturated carbocycles. The minimum Gasteiger partial charge on any atom is -0.492 e. The van der Waals surface area contributed by atoms with Crippen LogP contribution in [0.2, 0.25) is 0 Å². The Hall–Kier alpha value is -1.21. The third kappa shape index (κ3) is 4.64. The van der Waals surface area contributed by atoms with Crippen molar-refractivity contribution in [3.05, 3.63) is 23.8 Å². The van der Waals surface area contributed by atoms with Gasteiger partial charge >= 0.3 is 0 Å². The van der Waals surface area contributed by atoms with Crippen LogP contribution < -0.4 is 9.46 Å². The molecule has 21 heavy (non-hydrogen) atoms. The average molecular weight is 321 g/mol. The fraction of sp³-hybridized carbons (Fsp3) is 0.571. The lowest BCUT2D eigenvalue weighted by Crippen LogP contribution is -2.43. The van der Waals surface area contributed by atoms with Crippen LogP contribution in [0, 0.1) is 12.8 Å². The van der Waals surface area contributed by atoms with Crippen molar-refractivity contribution in [2.24, 2.45) is 5.92 Å². The number of nitrogens with one attached hydrogen (secondary N) is 1. The summed E-state index contributed by atoms with van der Waals surface area (Å²) in [6, 6.07) is 3.21. The maximum atomic E-state index is 13.0. The number of sulfonamides is 1. The largest absolute Gasteiger partial charge is 0.492 e. The van der Waals surface area contributed by atoms with Crippen molar-refractivity contribution < 1.29 is 21.9 Å². The molecule has 0 aliphatic heterocycles. The topological polar surface area (TPSA) is 55.4 Å². The lowest BCUT2D eigenvalue weighted by molar-refractivity contribution is 0.0880. The fourth-order valence-corrected chi connectivity index (χ4v) is 3.41. The Balaban J connectivity index is 3.21. The second kappa shape index (κ2) is 7.17. The van der Waals surface area contributed by atoms with Crippen molar-refractivity contribution in [2.75, 3.05) is 6.61 Å². The van der Waals surface area contributed by atoms with Gasteiger partial charge in [-0.2, -0.15) is 0 Å². The lowest BCUT2D eigenvalue weighted by atomic mass is 10.1. The monoisotopic (exact) mass is 321 g/mol. The SMILES string of the molecule is CCOc1ccc(C)cc1S(=O)(=O)N[C@H](C(C)C)C(F)F. The first-order chi connectivity index (χ1) is 9.69. The highest BCUT2D eigenvalue weighted by Crippen LogP contribution is 2.26. The van der Waals surface area contributed by atoms with E-state index in [1.54, 1.807) is 33.8 Å². The van der Waals surface area contributed by atoms with Gasteiger partial charge in [0.05, 0.1) is 12.6 Å². The standard InChI is InChI=1S/C14H21F2NO3S/c1-5-20-11-7-6-10(4)8-12(11)21(18,19)17-13(9(2)3)14(15)16/h6-9,13-14,17H,5H2,1-4H3/t13-/m1/s1. The molecule has 1 aromatic carbocycles. The molecule has 1 aromatic rings. The van der Waals surface area contributed by atoms with Gasteiger partial charge in [-0.15, -0.1) is 0 Å². The first kappa shape index (κ1) is 17.8. The molecular formula is C14H21F2NO3S. The quantitative estimate of drug-likeness (QED) is 0.840. The summed E-state index contributed by atoms with van der Waals surface area (Å²) in [4.78, 5) is -0.115. The number of hydrogen-bond donors (Lipinski definition) is 1. The summed E-state index contributed by atoms with van der Waals surface area (Å²) in [5.41, 5.74) is 0.706. The van der Waals surface area contributed by atoms with Crippen molar-refractivity contribution in [1.29, 1.82) is 0 Å². The lowest BCUT2D eigenvalue weighted by Gasteiger charge is -2.22. The van der Waals surface area contributed by atoms with E-state index in [0.29, 0.717) is 5.56 Å². The first-order valence-electron chi connectivity index (χ1n) is 6.73. The van der Waals surface area contributed by atoms with Gasteiger partial charge in [0.25, 0.3) is 6.43 Å². The van der Waals surface area contributed by atoms with Crippen LogP contribution in [0.3, 0.4) is 0 Å². The van der Waals surface area contributed by atoms with Gasteiger partial charge in [0, 0.05) is 0 Å². The van der Waals surface area contributed by atoms with Gasteiger partial charge in [0.15, 0.2) is 0 Å². The van der Waals surface area contributed by atoms with E-state index in [2.05, 4.69) is 4.72 Å². The maximum absolute atomic E-state index is 13.0. The van der Waals surface area contributed by atoms with Crippen LogP contribution in [0.1, 0.15) is 26.3 Å². The number of rotatable bonds is 7. The molecule has 0 bridgehead atoms. The molecule has 0 aromatic heterocycles. The molecule has 120 valence electrons. The average Bonchev–Trinajstić information content (AvgIpc) is 2.37. The summed E-state index contributed by atoms with van der Waals surface area (Å²) in [6.07, 6.45) is -2.78. The third-order valence-corrected chi connectivity index (χ3v) is 4.45. The van der Waals surface area contributed by atoms with Crippen LogP contribution in [0.25, 0.3) is 0 Å². The smallest absolute Gasteiger partial charge is 0.254 e. The zero-order valence-electron chi connectivity index (χ0n) is 12.6. The number of benzene rings is 1. The van der Waals surface area contributed by atoms with E-state index >= 15 is 0 Å². The fourth-order valence-electron chi connectivity index (χ4n) is 1.82. The summed E-state index contributed by atoms with van der Waals surface area (Å²) in [6.45, 7) is 6.81. The highest BCUT2D eigenvalue weighted by molar-refractivity contribution is 7.89. The molecule has 0 spiro atoms. The third-order valence-electron chi connectivity index (χ3n) is 2.97. The first-order valence-corrected chi connectivity index (χ1v) is 8.21. The molecule has 1 N–H and O–H groups in total. The van der Waals surface area contributed by atoms with E-state index in [0.717, 1.165) is 0 Å². The Kier molecular flexibility index (Phi) is 6.10. The van der Waals surface area contributed by atoms with Crippen molar-refractivity contribution in [1.82, 2.24) is 4.72 Å². The summed E-state index contributed by atoms with van der Waals surface area (Å²) in [5.74, 6) is -0.368. The van der Waals surface area contributed by atoms with Crippen LogP contribution in [0.15, 0.2) is 23.1 Å². The summed E-state index contributed by atoms with van der Waals surface area (Å²) in [5, 5.41) is 0. The van der Waals surface area contributed by atoms with Gasteiger partial charge in [-0.25, -0.2) is 21.9 Å². The highest BCUT2D eigenvalue weighted by Gasteiger charge is 2.31. The highest BCUT2D eigenvalue weighted by atomic mass is 32.2. The Morgan fingerprint density at radius 1 is 1.29 bits per heavy atom. The molecule has 0 aliphatic carbocycles. The number of alkyl halides is 2. The van der Waals surface area contributed by atoms with Crippen molar-refractivity contribution in [3.8, 4) is 5.75 Å². The molecular weight excluding hydrogens is 300 g/mol. The van der Waals surface area contributed by atoms with Gasteiger partial charge in [-0.1, -0.05) is 19.9 Å². The number of halogens is 2. The normalized spacial score (nSPS) is 13.7. The Labute approximate surface area is 124 Å². The number of aryl methyl sites for hydroxylation is 1. The molecule has 7 heteroatoms. The van der Waals surface area contributed by atoms with E-state index in [4.69, 9.17) is 4.74 Å². The number of ether oxygens (including phenoxy) is 1. The zero-order valence-corrected chi connectivity index (χ0v) is 13.4. The van der Waals surface area contributed by atoms with Crippen LogP contribution >= 0.6 is 0 Å². The minimum absolute atomic E-state index is 0.115. The van der Waals surface area contributed by atoms with Gasteiger partial charge in [0.2, 0.25) is 10.0 Å². The van der Waals surface area contributed by atoms with Crippen LogP contribution in [-0.4, -0.2) is 27.5 Å². The predicted molar refractivity (Wildman–Crippen MR) is 77.3 cm³/mol. The van der Waals surface area contributed by atoms with Crippen molar-refractivity contribution in [3.63, 3.8) is 0 Å². The van der Waals surface area contributed by atoms with E-state index < -0.39 is 28.4 Å². The minimum atomic E-state index is -4.08. The summed E-state index contributed by atoms with van der Waals surface area (Å²) < 4.78 is 58.0. The predicted octanol–water partition coefficient (Wildman–Crippen LogP) is 2.96. The molecule has 0 saturated heterocycles. The molecule has 0 aliphatic rings. The molecule has 0 fully saturated rings. The van der Waals surface area contributed by atoms with E-state index in [-0.39, 0.29) is 17.3 Å². The van der Waals surface area contributed by atoms with Crippen LogP contribution in [0.4, 0.5) is 8.78 Å². The Morgan fingerprint density at radius 2 is 1.90 bits per heavy atom. The molecule has 0 radical (unpaired) electrons.